The van der Waals surface area contributed by atoms with Crippen molar-refractivity contribution >= 4 is 11.8 Å². The third kappa shape index (κ3) is 4.63. The normalized spacial score (nSPS) is 19.5. The molecule has 0 aliphatic carbocycles. The Bertz CT molecular complexity index is 897. The number of hydrogen-bond donors (Lipinski definition) is 1. The van der Waals surface area contributed by atoms with Gasteiger partial charge in [0.05, 0.1) is 0 Å². The molecule has 1 aromatic heterocycles. The van der Waals surface area contributed by atoms with E-state index in [1.165, 1.54) is 12.1 Å². The predicted octanol–water partition coefficient (Wildman–Crippen LogP) is 3.78. The van der Waals surface area contributed by atoms with Gasteiger partial charge in [-0.2, -0.15) is 0 Å². The molecule has 0 bridgehead atoms. The van der Waals surface area contributed by atoms with Crippen LogP contribution in [0.1, 0.15) is 50.5 Å². The molecule has 0 radical (unpaired) electrons. The molecule has 2 atom stereocenters. The van der Waals surface area contributed by atoms with Crippen LogP contribution in [-0.4, -0.2) is 40.5 Å². The number of amides is 2. The highest BCUT2D eigenvalue weighted by atomic mass is 19.2. The van der Waals surface area contributed by atoms with Gasteiger partial charge in [-0.3, -0.25) is 9.59 Å². The summed E-state index contributed by atoms with van der Waals surface area (Å²) in [6.45, 7) is 6.39. The maximum Gasteiger partial charge on any atom is 0.276 e. The highest BCUT2D eigenvalue weighted by Gasteiger charge is 2.38. The Morgan fingerprint density at radius 3 is 2.72 bits per heavy atom. The monoisotopic (exact) mass is 405 g/mol. The summed E-state index contributed by atoms with van der Waals surface area (Å²) in [6, 6.07) is 4.01. The van der Waals surface area contributed by atoms with Gasteiger partial charge in [0, 0.05) is 24.2 Å². The molecule has 0 saturated carbocycles. The molecule has 0 spiro atoms. The van der Waals surface area contributed by atoms with E-state index < -0.39 is 23.6 Å². The lowest BCUT2D eigenvalue weighted by atomic mass is 9.96. The van der Waals surface area contributed by atoms with E-state index in [0.29, 0.717) is 13.0 Å². The molecule has 2 amide bonds. The second-order valence-electron chi connectivity index (χ2n) is 7.80. The number of halogens is 2. The number of carbonyl (C=O) groups is 2. The molecule has 6 nitrogen and oxygen atoms in total. The number of benzene rings is 1. The largest absolute Gasteiger partial charge is 0.355 e. The first-order chi connectivity index (χ1) is 13.8. The fourth-order valence-electron chi connectivity index (χ4n) is 3.57. The fourth-order valence-corrected chi connectivity index (χ4v) is 3.57. The average molecular weight is 405 g/mol. The van der Waals surface area contributed by atoms with Gasteiger partial charge in [0.25, 0.3) is 5.91 Å². The SMILES string of the molecule is CCC[C@H]1CN(C(=O)c2cc(-c3ccc(F)c(F)c3)on2)[C@@H](CC(C)C)C(=O)N1. The highest BCUT2D eigenvalue weighted by molar-refractivity contribution is 5.97. The Labute approximate surface area is 168 Å². The van der Waals surface area contributed by atoms with Crippen molar-refractivity contribution in [2.75, 3.05) is 6.54 Å². The molecular formula is C21H25F2N3O3. The van der Waals surface area contributed by atoms with Crippen LogP contribution in [0.15, 0.2) is 28.8 Å². The van der Waals surface area contributed by atoms with Gasteiger partial charge in [0.1, 0.15) is 6.04 Å². The summed E-state index contributed by atoms with van der Waals surface area (Å²) in [6.07, 6.45) is 2.18. The lowest BCUT2D eigenvalue weighted by Crippen LogP contribution is -2.61. The average Bonchev–Trinajstić information content (AvgIpc) is 3.15. The van der Waals surface area contributed by atoms with Crippen LogP contribution in [0.25, 0.3) is 11.3 Å². The molecule has 3 rings (SSSR count). The van der Waals surface area contributed by atoms with Crippen LogP contribution in [0.3, 0.4) is 0 Å². The predicted molar refractivity (Wildman–Crippen MR) is 103 cm³/mol. The van der Waals surface area contributed by atoms with Crippen molar-refractivity contribution < 1.29 is 22.9 Å². The van der Waals surface area contributed by atoms with Gasteiger partial charge in [0.15, 0.2) is 23.1 Å². The highest BCUT2D eigenvalue weighted by Crippen LogP contribution is 2.25. The minimum Gasteiger partial charge on any atom is -0.355 e. The molecule has 1 fully saturated rings. The number of rotatable bonds is 6. The Morgan fingerprint density at radius 2 is 2.07 bits per heavy atom. The number of nitrogens with one attached hydrogen (secondary N) is 1. The lowest BCUT2D eigenvalue weighted by molar-refractivity contribution is -0.130. The Hall–Kier alpha value is -2.77. The van der Waals surface area contributed by atoms with Crippen LogP contribution < -0.4 is 5.32 Å². The van der Waals surface area contributed by atoms with Crippen LogP contribution in [0, 0.1) is 17.6 Å². The second-order valence-corrected chi connectivity index (χ2v) is 7.80. The van der Waals surface area contributed by atoms with Gasteiger partial charge in [-0.15, -0.1) is 0 Å². The summed E-state index contributed by atoms with van der Waals surface area (Å²) in [7, 11) is 0. The van der Waals surface area contributed by atoms with Crippen LogP contribution in [0.2, 0.25) is 0 Å². The summed E-state index contributed by atoms with van der Waals surface area (Å²) in [5, 5.41) is 6.81. The van der Waals surface area contributed by atoms with Crippen LogP contribution in [0.5, 0.6) is 0 Å². The maximum atomic E-state index is 13.5. The van der Waals surface area contributed by atoms with Gasteiger partial charge in [-0.1, -0.05) is 32.3 Å². The van der Waals surface area contributed by atoms with E-state index in [4.69, 9.17) is 4.52 Å². The molecular weight excluding hydrogens is 380 g/mol. The third-order valence-corrected chi connectivity index (χ3v) is 4.97. The van der Waals surface area contributed by atoms with Crippen LogP contribution in [-0.2, 0) is 4.79 Å². The van der Waals surface area contributed by atoms with Crippen molar-refractivity contribution in [3.63, 3.8) is 0 Å². The molecule has 8 heteroatoms. The first-order valence-electron chi connectivity index (χ1n) is 9.83. The minimum absolute atomic E-state index is 0.0310. The first kappa shape index (κ1) is 21.0. The van der Waals surface area contributed by atoms with Crippen molar-refractivity contribution in [3.05, 3.63) is 41.6 Å². The first-order valence-corrected chi connectivity index (χ1v) is 9.83. The van der Waals surface area contributed by atoms with E-state index in [2.05, 4.69) is 10.5 Å². The van der Waals surface area contributed by atoms with Crippen molar-refractivity contribution in [1.82, 2.24) is 15.4 Å². The topological polar surface area (TPSA) is 75.4 Å². The molecule has 1 N–H and O–H groups in total. The Kier molecular flexibility index (Phi) is 6.30. The van der Waals surface area contributed by atoms with Gasteiger partial charge in [-0.05, 0) is 37.0 Å². The van der Waals surface area contributed by atoms with Crippen LogP contribution >= 0.6 is 0 Å². The Balaban J connectivity index is 1.86. The summed E-state index contributed by atoms with van der Waals surface area (Å²) < 4.78 is 31.8. The quantitative estimate of drug-likeness (QED) is 0.794. The zero-order valence-corrected chi connectivity index (χ0v) is 16.7. The lowest BCUT2D eigenvalue weighted by Gasteiger charge is -2.39. The maximum absolute atomic E-state index is 13.5. The van der Waals surface area contributed by atoms with E-state index in [-0.39, 0.29) is 34.9 Å². The van der Waals surface area contributed by atoms with Crippen molar-refractivity contribution in [3.8, 4) is 11.3 Å². The number of nitrogens with zero attached hydrogens (tertiary/aromatic N) is 2. The van der Waals surface area contributed by atoms with Gasteiger partial charge >= 0.3 is 0 Å². The number of aromatic nitrogens is 1. The molecule has 29 heavy (non-hydrogen) atoms. The molecule has 1 aliphatic rings. The van der Waals surface area contributed by atoms with E-state index >= 15 is 0 Å². The number of piperazine rings is 1. The summed E-state index contributed by atoms with van der Waals surface area (Å²) >= 11 is 0. The third-order valence-electron chi connectivity index (χ3n) is 4.97. The number of hydrogen-bond acceptors (Lipinski definition) is 4. The minimum atomic E-state index is -1.01. The van der Waals surface area contributed by atoms with E-state index in [1.54, 1.807) is 4.90 Å². The summed E-state index contributed by atoms with van der Waals surface area (Å²) in [4.78, 5) is 27.3. The zero-order chi connectivity index (χ0) is 21.1. The molecule has 0 unspecified atom stereocenters. The number of carbonyl (C=O) groups excluding carboxylic acids is 2. The summed E-state index contributed by atoms with van der Waals surface area (Å²) in [5.74, 6) is -2.19. The molecule has 156 valence electrons. The van der Waals surface area contributed by atoms with Crippen molar-refractivity contribution in [1.29, 1.82) is 0 Å². The van der Waals surface area contributed by atoms with Gasteiger partial charge in [0.2, 0.25) is 5.91 Å². The Morgan fingerprint density at radius 1 is 1.31 bits per heavy atom. The molecule has 2 aromatic rings. The molecule has 1 saturated heterocycles. The standard InChI is InChI=1S/C21H25F2N3O3/c1-4-5-14-11-26(18(8-12(2)3)20(27)24-14)21(28)17-10-19(29-25-17)13-6-7-15(22)16(23)9-13/h6-7,9-10,12,14,18H,4-5,8,11H2,1-3H3,(H,24,27)/t14-,18-/m0/s1. The van der Waals surface area contributed by atoms with E-state index in [0.717, 1.165) is 25.0 Å². The van der Waals surface area contributed by atoms with E-state index in [1.807, 2.05) is 20.8 Å². The summed E-state index contributed by atoms with van der Waals surface area (Å²) in [5.41, 5.74) is 0.304. The molecule has 1 aliphatic heterocycles. The van der Waals surface area contributed by atoms with Crippen molar-refractivity contribution in [2.24, 2.45) is 5.92 Å². The fraction of sp³-hybridized carbons (Fsp3) is 0.476. The zero-order valence-electron chi connectivity index (χ0n) is 16.7. The van der Waals surface area contributed by atoms with Gasteiger partial charge < -0.3 is 14.7 Å². The van der Waals surface area contributed by atoms with E-state index in [9.17, 15) is 18.4 Å². The van der Waals surface area contributed by atoms with Crippen LogP contribution in [0.4, 0.5) is 8.78 Å². The smallest absolute Gasteiger partial charge is 0.276 e. The molecule has 1 aromatic carbocycles. The van der Waals surface area contributed by atoms with Crippen molar-refractivity contribution in [2.45, 2.75) is 52.1 Å². The van der Waals surface area contributed by atoms with Gasteiger partial charge in [-0.25, -0.2) is 8.78 Å². The second kappa shape index (κ2) is 8.71. The molecule has 2 heterocycles.